The molecule has 2 rings (SSSR count). The molecule has 0 amide bonds. The van der Waals surface area contributed by atoms with Gasteiger partial charge in [-0.25, -0.2) is 0 Å². The predicted molar refractivity (Wildman–Crippen MR) is 77.9 cm³/mol. The lowest BCUT2D eigenvalue weighted by Gasteiger charge is -2.32. The number of nitrogens with two attached hydrogens (primary N) is 1. The zero-order chi connectivity index (χ0) is 13.8. The SMILES string of the molecule is N/C(=N/O)C1CCCN(Cc2cccc(Cl)c2Cl)C1. The van der Waals surface area contributed by atoms with Gasteiger partial charge in [-0.3, -0.25) is 4.90 Å². The van der Waals surface area contributed by atoms with E-state index in [0.29, 0.717) is 15.9 Å². The number of hydrogen-bond donors (Lipinski definition) is 2. The fraction of sp³-hybridized carbons (Fsp3) is 0.462. The molecule has 0 aromatic heterocycles. The van der Waals surface area contributed by atoms with E-state index >= 15 is 0 Å². The molecule has 0 aliphatic carbocycles. The Bertz CT molecular complexity index is 479. The van der Waals surface area contributed by atoms with Crippen molar-refractivity contribution in [1.82, 2.24) is 4.90 Å². The summed E-state index contributed by atoms with van der Waals surface area (Å²) in [6.07, 6.45) is 1.98. The Kier molecular flexibility index (Phi) is 4.91. The van der Waals surface area contributed by atoms with Gasteiger partial charge in [0.25, 0.3) is 0 Å². The quantitative estimate of drug-likeness (QED) is 0.390. The molecule has 0 spiro atoms. The van der Waals surface area contributed by atoms with Crippen molar-refractivity contribution in [3.05, 3.63) is 33.8 Å². The number of nitrogens with zero attached hydrogens (tertiary/aromatic N) is 2. The van der Waals surface area contributed by atoms with E-state index in [0.717, 1.165) is 38.0 Å². The molecule has 104 valence electrons. The number of halogens is 2. The first-order valence-electron chi connectivity index (χ1n) is 6.24. The van der Waals surface area contributed by atoms with Gasteiger partial charge in [0.2, 0.25) is 0 Å². The summed E-state index contributed by atoms with van der Waals surface area (Å²) >= 11 is 12.2. The smallest absolute Gasteiger partial charge is 0.143 e. The van der Waals surface area contributed by atoms with Gasteiger partial charge in [0, 0.05) is 19.0 Å². The molecule has 1 heterocycles. The van der Waals surface area contributed by atoms with Gasteiger partial charge in [0.15, 0.2) is 0 Å². The molecule has 4 nitrogen and oxygen atoms in total. The average Bonchev–Trinajstić information content (AvgIpc) is 2.43. The third-order valence-electron chi connectivity index (χ3n) is 3.46. The fourth-order valence-corrected chi connectivity index (χ4v) is 2.81. The van der Waals surface area contributed by atoms with Gasteiger partial charge in [-0.05, 0) is 31.0 Å². The zero-order valence-corrected chi connectivity index (χ0v) is 12.0. The van der Waals surface area contributed by atoms with Crippen LogP contribution in [0.4, 0.5) is 0 Å². The number of hydrogen-bond acceptors (Lipinski definition) is 3. The summed E-state index contributed by atoms with van der Waals surface area (Å²) in [4.78, 5) is 2.25. The minimum Gasteiger partial charge on any atom is -0.409 e. The molecule has 19 heavy (non-hydrogen) atoms. The highest BCUT2D eigenvalue weighted by molar-refractivity contribution is 6.42. The van der Waals surface area contributed by atoms with Crippen LogP contribution in [0.3, 0.4) is 0 Å². The fourth-order valence-electron chi connectivity index (χ4n) is 2.43. The van der Waals surface area contributed by atoms with Crippen molar-refractivity contribution in [2.24, 2.45) is 16.8 Å². The second kappa shape index (κ2) is 6.46. The van der Waals surface area contributed by atoms with E-state index in [9.17, 15) is 0 Å². The van der Waals surface area contributed by atoms with Crippen molar-refractivity contribution in [2.45, 2.75) is 19.4 Å². The first-order chi connectivity index (χ1) is 9.11. The van der Waals surface area contributed by atoms with E-state index in [1.54, 1.807) is 6.07 Å². The minimum absolute atomic E-state index is 0.108. The molecule has 6 heteroatoms. The number of piperidine rings is 1. The molecule has 1 aromatic carbocycles. The maximum absolute atomic E-state index is 8.75. The topological polar surface area (TPSA) is 61.9 Å². The first kappa shape index (κ1) is 14.4. The lowest BCUT2D eigenvalue weighted by Crippen LogP contribution is -2.40. The lowest BCUT2D eigenvalue weighted by atomic mass is 9.96. The van der Waals surface area contributed by atoms with E-state index in [4.69, 9.17) is 34.1 Å². The third-order valence-corrected chi connectivity index (χ3v) is 4.32. The van der Waals surface area contributed by atoms with Gasteiger partial charge in [-0.2, -0.15) is 0 Å². The molecule has 0 radical (unpaired) electrons. The Morgan fingerprint density at radius 1 is 1.47 bits per heavy atom. The van der Waals surface area contributed by atoms with Crippen molar-refractivity contribution >= 4 is 29.0 Å². The van der Waals surface area contributed by atoms with Gasteiger partial charge in [0.1, 0.15) is 5.84 Å². The summed E-state index contributed by atoms with van der Waals surface area (Å²) in [6.45, 7) is 2.49. The molecular weight excluding hydrogens is 285 g/mol. The second-order valence-electron chi connectivity index (χ2n) is 4.81. The van der Waals surface area contributed by atoms with E-state index in [1.807, 2.05) is 12.1 Å². The zero-order valence-electron chi connectivity index (χ0n) is 10.5. The summed E-state index contributed by atoms with van der Waals surface area (Å²) in [5, 5.41) is 13.0. The summed E-state index contributed by atoms with van der Waals surface area (Å²) in [6, 6.07) is 5.65. The molecule has 1 aliphatic heterocycles. The van der Waals surface area contributed by atoms with Crippen LogP contribution in [-0.4, -0.2) is 29.0 Å². The third kappa shape index (κ3) is 3.53. The number of benzene rings is 1. The number of amidine groups is 1. The van der Waals surface area contributed by atoms with Crippen molar-refractivity contribution in [1.29, 1.82) is 0 Å². The highest BCUT2D eigenvalue weighted by Crippen LogP contribution is 2.27. The monoisotopic (exact) mass is 301 g/mol. The van der Waals surface area contributed by atoms with E-state index in [2.05, 4.69) is 10.1 Å². The van der Waals surface area contributed by atoms with Crippen molar-refractivity contribution in [3.63, 3.8) is 0 Å². The van der Waals surface area contributed by atoms with E-state index in [-0.39, 0.29) is 5.92 Å². The van der Waals surface area contributed by atoms with Gasteiger partial charge in [-0.1, -0.05) is 40.5 Å². The van der Waals surface area contributed by atoms with Crippen LogP contribution in [0.15, 0.2) is 23.4 Å². The molecule has 0 saturated carbocycles. The maximum Gasteiger partial charge on any atom is 0.143 e. The van der Waals surface area contributed by atoms with Gasteiger partial charge in [0.05, 0.1) is 10.0 Å². The first-order valence-corrected chi connectivity index (χ1v) is 7.00. The number of likely N-dealkylation sites (tertiary alicyclic amines) is 1. The highest BCUT2D eigenvalue weighted by Gasteiger charge is 2.23. The van der Waals surface area contributed by atoms with E-state index in [1.165, 1.54) is 0 Å². The number of oxime groups is 1. The van der Waals surface area contributed by atoms with Crippen LogP contribution in [0.2, 0.25) is 10.0 Å². The van der Waals surface area contributed by atoms with Crippen molar-refractivity contribution in [3.8, 4) is 0 Å². The van der Waals surface area contributed by atoms with Crippen molar-refractivity contribution < 1.29 is 5.21 Å². The predicted octanol–water partition coefficient (Wildman–Crippen LogP) is 2.95. The Morgan fingerprint density at radius 2 is 2.26 bits per heavy atom. The van der Waals surface area contributed by atoms with Crippen LogP contribution in [0.1, 0.15) is 18.4 Å². The lowest BCUT2D eigenvalue weighted by molar-refractivity contribution is 0.193. The highest BCUT2D eigenvalue weighted by atomic mass is 35.5. The number of rotatable bonds is 3. The second-order valence-corrected chi connectivity index (χ2v) is 5.60. The largest absolute Gasteiger partial charge is 0.409 e. The normalized spacial score (nSPS) is 21.6. The van der Waals surface area contributed by atoms with E-state index < -0.39 is 0 Å². The Hall–Kier alpha value is -0.970. The molecule has 3 N–H and O–H groups in total. The Labute approximate surface area is 122 Å². The summed E-state index contributed by atoms with van der Waals surface area (Å²) < 4.78 is 0. The summed E-state index contributed by atoms with van der Waals surface area (Å²) in [7, 11) is 0. The van der Waals surface area contributed by atoms with Gasteiger partial charge >= 0.3 is 0 Å². The molecule has 1 saturated heterocycles. The van der Waals surface area contributed by atoms with Crippen LogP contribution in [0.25, 0.3) is 0 Å². The van der Waals surface area contributed by atoms with Crippen LogP contribution < -0.4 is 5.73 Å². The molecule has 1 aliphatic rings. The van der Waals surface area contributed by atoms with Gasteiger partial charge < -0.3 is 10.9 Å². The average molecular weight is 302 g/mol. The van der Waals surface area contributed by atoms with Crippen molar-refractivity contribution in [2.75, 3.05) is 13.1 Å². The maximum atomic E-state index is 8.75. The van der Waals surface area contributed by atoms with Crippen LogP contribution in [0, 0.1) is 5.92 Å². The molecular formula is C13H17Cl2N3O. The Balaban J connectivity index is 2.05. The molecule has 1 aromatic rings. The summed E-state index contributed by atoms with van der Waals surface area (Å²) in [5.74, 6) is 0.415. The molecule has 1 unspecified atom stereocenters. The minimum atomic E-state index is 0.108. The van der Waals surface area contributed by atoms with Crippen LogP contribution >= 0.6 is 23.2 Å². The standard InChI is InChI=1S/C13H17Cl2N3O/c14-11-5-1-3-9(12(11)15)7-18-6-2-4-10(8-18)13(16)17-19/h1,3,5,10,19H,2,4,6-8H2,(H2,16,17). The Morgan fingerprint density at radius 3 is 3.00 bits per heavy atom. The van der Waals surface area contributed by atoms with Crippen LogP contribution in [0.5, 0.6) is 0 Å². The van der Waals surface area contributed by atoms with Crippen LogP contribution in [-0.2, 0) is 6.54 Å². The molecule has 0 bridgehead atoms. The summed E-state index contributed by atoms with van der Waals surface area (Å²) in [5.41, 5.74) is 6.69. The molecule has 1 atom stereocenters. The molecule has 1 fully saturated rings. The van der Waals surface area contributed by atoms with Gasteiger partial charge in [-0.15, -0.1) is 0 Å².